The van der Waals surface area contributed by atoms with Crippen LogP contribution in [-0.2, 0) is 7.67 Å². The van der Waals surface area contributed by atoms with Crippen molar-refractivity contribution in [2.75, 3.05) is 0 Å². The van der Waals surface area contributed by atoms with Crippen LogP contribution in [0.4, 0.5) is 0 Å². The van der Waals surface area contributed by atoms with E-state index in [0.717, 1.165) is 12.8 Å². The van der Waals surface area contributed by atoms with Gasteiger partial charge < -0.3 is 0 Å². The van der Waals surface area contributed by atoms with Crippen molar-refractivity contribution in [1.29, 1.82) is 0 Å². The molecule has 0 amide bonds. The molecule has 0 saturated heterocycles. The van der Waals surface area contributed by atoms with Gasteiger partial charge in [-0.1, -0.05) is 0 Å². The molecule has 1 aromatic rings. The second kappa shape index (κ2) is 5.58. The number of unbranched alkanes of at least 4 members (excludes halogenated alkanes) is 1. The van der Waals surface area contributed by atoms with Crippen LogP contribution < -0.4 is 4.46 Å². The molecule has 0 aliphatic heterocycles. The monoisotopic (exact) mass is 328 g/mol. The van der Waals surface area contributed by atoms with Crippen LogP contribution in [0.2, 0.25) is 0 Å². The summed E-state index contributed by atoms with van der Waals surface area (Å²) in [6.07, 6.45) is 5.15. The molecule has 0 saturated carbocycles. The first-order valence-electron chi connectivity index (χ1n) is 6.72. The molecule has 4 heteroatoms. The van der Waals surface area contributed by atoms with Crippen LogP contribution in [0.3, 0.4) is 0 Å². The van der Waals surface area contributed by atoms with Crippen LogP contribution in [0, 0.1) is 0 Å². The molecule has 2 rings (SSSR count). The van der Waals surface area contributed by atoms with Crippen molar-refractivity contribution in [2.24, 2.45) is 0 Å². The van der Waals surface area contributed by atoms with E-state index >= 15 is 0 Å². The number of benzene rings is 1. The van der Waals surface area contributed by atoms with Crippen LogP contribution in [0.1, 0.15) is 39.0 Å². The van der Waals surface area contributed by atoms with E-state index < -0.39 is 18.3 Å². The second-order valence-corrected chi connectivity index (χ2v) is 9.34. The Morgan fingerprint density at radius 1 is 1.26 bits per heavy atom. The van der Waals surface area contributed by atoms with Crippen LogP contribution in [0.25, 0.3) is 0 Å². The third-order valence-electron chi connectivity index (χ3n) is 3.60. The molecule has 1 aliphatic rings. The van der Waals surface area contributed by atoms with E-state index in [4.69, 9.17) is 0 Å². The van der Waals surface area contributed by atoms with Crippen molar-refractivity contribution < 1.29 is 12.8 Å². The molecule has 0 fully saturated rings. The van der Waals surface area contributed by atoms with E-state index in [0.29, 0.717) is 28.2 Å². The maximum absolute atomic E-state index is 12.5. The van der Waals surface area contributed by atoms with Crippen molar-refractivity contribution in [3.05, 3.63) is 40.9 Å². The van der Waals surface area contributed by atoms with Gasteiger partial charge in [0.1, 0.15) is 0 Å². The van der Waals surface area contributed by atoms with Gasteiger partial charge >= 0.3 is 115 Å². The molecule has 0 bridgehead atoms. The Kier molecular flexibility index (Phi) is 4.24. The Bertz CT molecular complexity index is 560. The normalized spacial score (nSPS) is 23.4. The molecule has 3 nitrogen and oxygen atoms in total. The zero-order valence-electron chi connectivity index (χ0n) is 11.2. The summed E-state index contributed by atoms with van der Waals surface area (Å²) >= 11 is -4.27. The molecule has 1 atom stereocenters. The minimum atomic E-state index is -4.27. The Hall–Kier alpha value is -0.961. The second-order valence-electron chi connectivity index (χ2n) is 5.13. The molecule has 0 spiro atoms. The SMILES string of the molecule is CCCCC1(O)C=C([Se](=O)(=O)c2ccccc2)CC1. The molecular formula is C15H20O3Se. The Morgan fingerprint density at radius 3 is 2.58 bits per heavy atom. The summed E-state index contributed by atoms with van der Waals surface area (Å²) < 4.78 is 25.8. The Labute approximate surface area is 116 Å². The molecule has 19 heavy (non-hydrogen) atoms. The summed E-state index contributed by atoms with van der Waals surface area (Å²) in [5.41, 5.74) is -0.919. The van der Waals surface area contributed by atoms with E-state index in [-0.39, 0.29) is 0 Å². The van der Waals surface area contributed by atoms with Crippen molar-refractivity contribution in [2.45, 2.75) is 44.6 Å². The van der Waals surface area contributed by atoms with Gasteiger partial charge in [-0.15, -0.1) is 0 Å². The Balaban J connectivity index is 2.26. The summed E-state index contributed by atoms with van der Waals surface area (Å²) in [6.45, 7) is 2.06. The van der Waals surface area contributed by atoms with Gasteiger partial charge in [-0.3, -0.25) is 0 Å². The first kappa shape index (κ1) is 14.4. The van der Waals surface area contributed by atoms with Crippen LogP contribution in [0.15, 0.2) is 40.9 Å². The molecule has 0 aromatic heterocycles. The van der Waals surface area contributed by atoms with Gasteiger partial charge in [-0.2, -0.15) is 0 Å². The zero-order chi connectivity index (χ0) is 13.9. The van der Waals surface area contributed by atoms with Crippen LogP contribution >= 0.6 is 0 Å². The first-order valence-corrected chi connectivity index (χ1v) is 9.83. The standard InChI is InChI=1S/C15H20O3Se/c1-2-3-10-15(16)11-9-14(12-15)19(17,18)13-7-5-4-6-8-13/h4-8,12,16H,2-3,9-11H2,1H3. The number of allylic oxidation sites excluding steroid dienone is 1. The van der Waals surface area contributed by atoms with Crippen molar-refractivity contribution in [3.8, 4) is 0 Å². The van der Waals surface area contributed by atoms with E-state index in [2.05, 4.69) is 6.92 Å². The van der Waals surface area contributed by atoms with Crippen molar-refractivity contribution in [3.63, 3.8) is 0 Å². The number of hydrogen-bond donors (Lipinski definition) is 1. The van der Waals surface area contributed by atoms with E-state index in [1.807, 2.05) is 0 Å². The fourth-order valence-corrected chi connectivity index (χ4v) is 5.71. The molecule has 1 aliphatic carbocycles. The Morgan fingerprint density at radius 2 is 1.95 bits per heavy atom. The van der Waals surface area contributed by atoms with Crippen LogP contribution in [0.5, 0.6) is 0 Å². The van der Waals surface area contributed by atoms with Gasteiger partial charge in [0.15, 0.2) is 0 Å². The molecule has 1 N–H and O–H groups in total. The van der Waals surface area contributed by atoms with E-state index in [1.165, 1.54) is 0 Å². The van der Waals surface area contributed by atoms with Gasteiger partial charge in [0.05, 0.1) is 0 Å². The van der Waals surface area contributed by atoms with Gasteiger partial charge in [0, 0.05) is 0 Å². The molecule has 1 unspecified atom stereocenters. The molecule has 104 valence electrons. The predicted molar refractivity (Wildman–Crippen MR) is 75.0 cm³/mol. The van der Waals surface area contributed by atoms with Gasteiger partial charge in [-0.25, -0.2) is 0 Å². The van der Waals surface area contributed by atoms with Gasteiger partial charge in [-0.05, 0) is 0 Å². The molecule has 1 aromatic carbocycles. The third-order valence-corrected chi connectivity index (χ3v) is 7.59. The minimum absolute atomic E-state index is 0.379. The predicted octanol–water partition coefficient (Wildman–Crippen LogP) is 2.38. The van der Waals surface area contributed by atoms with Crippen molar-refractivity contribution >= 4 is 17.2 Å². The third kappa shape index (κ3) is 3.14. The van der Waals surface area contributed by atoms with Crippen molar-refractivity contribution in [1.82, 2.24) is 0 Å². The topological polar surface area (TPSA) is 54.4 Å². The summed E-state index contributed by atoms with van der Waals surface area (Å²) in [7, 11) is 0. The molecule has 0 radical (unpaired) electrons. The number of hydrogen-bond acceptors (Lipinski definition) is 3. The van der Waals surface area contributed by atoms with Gasteiger partial charge in [0.2, 0.25) is 0 Å². The summed E-state index contributed by atoms with van der Waals surface area (Å²) in [5.74, 6) is 0. The fourth-order valence-electron chi connectivity index (χ4n) is 2.43. The molecular weight excluding hydrogens is 307 g/mol. The van der Waals surface area contributed by atoms with E-state index in [1.54, 1.807) is 36.4 Å². The maximum atomic E-state index is 12.5. The molecule has 0 heterocycles. The average Bonchev–Trinajstić information content (AvgIpc) is 2.81. The number of rotatable bonds is 5. The van der Waals surface area contributed by atoms with E-state index in [9.17, 15) is 12.8 Å². The van der Waals surface area contributed by atoms with Crippen LogP contribution in [-0.4, -0.2) is 23.4 Å². The average molecular weight is 327 g/mol. The number of aliphatic hydroxyl groups is 1. The summed E-state index contributed by atoms with van der Waals surface area (Å²) in [4.78, 5) is 0. The van der Waals surface area contributed by atoms with Gasteiger partial charge in [0.25, 0.3) is 0 Å². The summed E-state index contributed by atoms with van der Waals surface area (Å²) in [6, 6.07) is 8.53. The first-order chi connectivity index (χ1) is 8.98. The fraction of sp³-hybridized carbons (Fsp3) is 0.467. The quantitative estimate of drug-likeness (QED) is 0.845. The zero-order valence-corrected chi connectivity index (χ0v) is 12.9. The summed E-state index contributed by atoms with van der Waals surface area (Å²) in [5, 5.41) is 10.4.